The SMILES string of the molecule is [2H]c1c([2H])c([2H])c2c(-c3cccc4cccc(-c5cccc6c5oc5ccc7ccccc7c56)c34)c3c([2H])c([2H])c([2H])c([2H])c3c(-c3ccc4ccccc4c3)c2c1[2H]. The maximum absolute atomic E-state index is 9.57. The van der Waals surface area contributed by atoms with Crippen molar-refractivity contribution in [2.45, 2.75) is 0 Å². The van der Waals surface area contributed by atoms with E-state index in [1.165, 1.54) is 0 Å². The second-order valence-electron chi connectivity index (χ2n) is 13.0. The Labute approximate surface area is 305 Å². The highest BCUT2D eigenvalue weighted by atomic mass is 16.3. The van der Waals surface area contributed by atoms with E-state index in [-0.39, 0.29) is 45.7 Å². The highest BCUT2D eigenvalue weighted by molar-refractivity contribution is 6.26. The van der Waals surface area contributed by atoms with Crippen molar-refractivity contribution in [2.75, 3.05) is 0 Å². The van der Waals surface area contributed by atoms with E-state index in [2.05, 4.69) is 24.3 Å². The third-order valence-electron chi connectivity index (χ3n) is 10.3. The van der Waals surface area contributed by atoms with Gasteiger partial charge in [0.15, 0.2) is 0 Å². The molecule has 0 N–H and O–H groups in total. The number of fused-ring (bicyclic) bond motifs is 9. The van der Waals surface area contributed by atoms with Crippen LogP contribution in [0.1, 0.15) is 11.0 Å². The minimum atomic E-state index is -0.437. The van der Waals surface area contributed by atoms with E-state index in [0.29, 0.717) is 27.8 Å². The van der Waals surface area contributed by atoms with E-state index in [9.17, 15) is 5.48 Å². The van der Waals surface area contributed by atoms with Gasteiger partial charge in [0.25, 0.3) is 0 Å². The summed E-state index contributed by atoms with van der Waals surface area (Å²) < 4.78 is 80.5. The molecule has 11 rings (SSSR count). The van der Waals surface area contributed by atoms with Gasteiger partial charge in [0, 0.05) is 16.3 Å². The molecule has 0 aliphatic heterocycles. The number of benzene rings is 10. The summed E-state index contributed by atoms with van der Waals surface area (Å²) in [6.07, 6.45) is 0. The van der Waals surface area contributed by atoms with Gasteiger partial charge in [-0.3, -0.25) is 0 Å². The Morgan fingerprint density at radius 3 is 1.71 bits per heavy atom. The first kappa shape index (κ1) is 21.4. The number of furan rings is 1. The molecule has 0 aliphatic carbocycles. The molecule has 0 spiro atoms. The Balaban J connectivity index is 1.34. The van der Waals surface area contributed by atoms with Crippen molar-refractivity contribution in [1.82, 2.24) is 0 Å². The van der Waals surface area contributed by atoms with Gasteiger partial charge >= 0.3 is 0 Å². The smallest absolute Gasteiger partial charge is 0.143 e. The highest BCUT2D eigenvalue weighted by Gasteiger charge is 2.21. The van der Waals surface area contributed by atoms with Crippen LogP contribution in [0.4, 0.5) is 0 Å². The van der Waals surface area contributed by atoms with E-state index in [4.69, 9.17) is 9.90 Å². The zero-order chi connectivity index (χ0) is 40.4. The Bertz CT molecular complexity index is 3580. The Morgan fingerprint density at radius 2 is 0.941 bits per heavy atom. The van der Waals surface area contributed by atoms with Crippen LogP contribution in [0.5, 0.6) is 0 Å². The predicted octanol–water partition coefficient (Wildman–Crippen LogP) is 14.4. The summed E-state index contributed by atoms with van der Waals surface area (Å²) in [5.74, 6) is 0. The molecule has 0 amide bonds. The second-order valence-corrected chi connectivity index (χ2v) is 13.0. The van der Waals surface area contributed by atoms with Crippen LogP contribution in [0.25, 0.3) is 109 Å². The zero-order valence-electron chi connectivity index (χ0n) is 35.1. The molecule has 1 heterocycles. The fraction of sp³-hybridized carbons (Fsp3) is 0. The summed E-state index contributed by atoms with van der Waals surface area (Å²) in [6.45, 7) is 0. The molecule has 0 bridgehead atoms. The van der Waals surface area contributed by atoms with Gasteiger partial charge in [-0.05, 0) is 93.8 Å². The summed E-state index contributed by atoms with van der Waals surface area (Å²) in [5.41, 5.74) is 4.81. The second kappa shape index (κ2) is 10.9. The lowest BCUT2D eigenvalue weighted by atomic mass is 9.83. The van der Waals surface area contributed by atoms with Crippen LogP contribution in [0.15, 0.2) is 186 Å². The molecule has 0 unspecified atom stereocenters. The molecule has 1 aromatic heterocycles. The first-order valence-electron chi connectivity index (χ1n) is 20.9. The Morgan fingerprint density at radius 1 is 0.373 bits per heavy atom. The van der Waals surface area contributed by atoms with Gasteiger partial charge in [-0.15, -0.1) is 0 Å². The van der Waals surface area contributed by atoms with Crippen LogP contribution < -0.4 is 0 Å². The number of hydrogen-bond acceptors (Lipinski definition) is 1. The lowest BCUT2D eigenvalue weighted by Gasteiger charge is -2.20. The largest absolute Gasteiger partial charge is 0.455 e. The van der Waals surface area contributed by atoms with Crippen LogP contribution >= 0.6 is 0 Å². The van der Waals surface area contributed by atoms with E-state index in [0.717, 1.165) is 59.8 Å². The maximum atomic E-state index is 9.57. The fourth-order valence-corrected chi connectivity index (χ4v) is 8.08. The first-order valence-corrected chi connectivity index (χ1v) is 16.9. The van der Waals surface area contributed by atoms with Crippen molar-refractivity contribution in [2.24, 2.45) is 0 Å². The highest BCUT2D eigenvalue weighted by Crippen LogP contribution is 2.48. The van der Waals surface area contributed by atoms with Crippen LogP contribution in [0.2, 0.25) is 0 Å². The van der Waals surface area contributed by atoms with E-state index >= 15 is 0 Å². The van der Waals surface area contributed by atoms with Gasteiger partial charge < -0.3 is 4.42 Å². The zero-order valence-corrected chi connectivity index (χ0v) is 27.1. The minimum Gasteiger partial charge on any atom is -0.455 e. The van der Waals surface area contributed by atoms with Crippen molar-refractivity contribution >= 4 is 75.8 Å². The first-order chi connectivity index (χ1) is 28.6. The standard InChI is InChI=1S/C50H30O/c1-2-14-34-30-35(27-26-31(34)12-1)47-37-18-5-7-20-39(37)48(40-21-8-6-19-38(40)47)43-24-10-16-33-15-9-22-41(46(33)43)42-23-11-25-44-49-36-17-4-3-13-32(36)28-29-45(49)51-50(42)44/h1-30H/i5D,6D,7D,8D,18D,19D,20D,21D. The third kappa shape index (κ3) is 4.16. The normalized spacial score (nSPS) is 14.1. The van der Waals surface area contributed by atoms with Gasteiger partial charge in [0.1, 0.15) is 11.2 Å². The molecule has 0 saturated carbocycles. The van der Waals surface area contributed by atoms with Gasteiger partial charge in [-0.2, -0.15) is 0 Å². The van der Waals surface area contributed by atoms with Crippen molar-refractivity contribution in [3.63, 3.8) is 0 Å². The van der Waals surface area contributed by atoms with Gasteiger partial charge in [0.05, 0.1) is 11.0 Å². The molecule has 0 radical (unpaired) electrons. The predicted molar refractivity (Wildman–Crippen MR) is 218 cm³/mol. The molecule has 10 aromatic carbocycles. The van der Waals surface area contributed by atoms with E-state index in [1.54, 1.807) is 0 Å². The molecular formula is C50H30O. The van der Waals surface area contributed by atoms with Crippen LogP contribution in [-0.4, -0.2) is 0 Å². The molecule has 1 heteroatoms. The summed E-state index contributed by atoms with van der Waals surface area (Å²) in [5, 5.41) is 8.25. The summed E-state index contributed by atoms with van der Waals surface area (Å²) in [7, 11) is 0. The summed E-state index contributed by atoms with van der Waals surface area (Å²) in [4.78, 5) is 0. The summed E-state index contributed by atoms with van der Waals surface area (Å²) in [6, 6.07) is 40.6. The maximum Gasteiger partial charge on any atom is 0.143 e. The fourth-order valence-electron chi connectivity index (χ4n) is 8.08. The molecule has 0 atom stereocenters. The minimum absolute atomic E-state index is 0.174. The average Bonchev–Trinajstić information content (AvgIpc) is 3.67. The molecule has 0 saturated heterocycles. The number of para-hydroxylation sites is 1. The van der Waals surface area contributed by atoms with Crippen molar-refractivity contribution in [3.8, 4) is 33.4 Å². The van der Waals surface area contributed by atoms with Gasteiger partial charge in [0.2, 0.25) is 0 Å². The molecule has 51 heavy (non-hydrogen) atoms. The molecule has 0 aliphatic rings. The van der Waals surface area contributed by atoms with Crippen LogP contribution in [0, 0.1) is 0 Å². The quantitative estimate of drug-likeness (QED) is 0.173. The van der Waals surface area contributed by atoms with Crippen molar-refractivity contribution in [1.29, 1.82) is 0 Å². The van der Waals surface area contributed by atoms with Crippen LogP contribution in [-0.2, 0) is 0 Å². The lowest BCUT2D eigenvalue weighted by Crippen LogP contribution is -1.93. The van der Waals surface area contributed by atoms with E-state index < -0.39 is 24.2 Å². The number of hydrogen-bond donors (Lipinski definition) is 0. The van der Waals surface area contributed by atoms with Crippen molar-refractivity contribution < 1.29 is 15.4 Å². The number of rotatable bonds is 3. The molecular weight excluding hydrogens is 617 g/mol. The Kier molecular flexibility index (Phi) is 4.57. The van der Waals surface area contributed by atoms with Gasteiger partial charge in [-0.25, -0.2) is 0 Å². The van der Waals surface area contributed by atoms with Crippen molar-refractivity contribution in [3.05, 3.63) is 182 Å². The third-order valence-corrected chi connectivity index (χ3v) is 10.3. The average molecular weight is 655 g/mol. The van der Waals surface area contributed by atoms with Crippen LogP contribution in [0.3, 0.4) is 0 Å². The summed E-state index contributed by atoms with van der Waals surface area (Å²) >= 11 is 0. The molecule has 236 valence electrons. The molecule has 11 aromatic rings. The Hall–Kier alpha value is -6.70. The topological polar surface area (TPSA) is 13.1 Å². The van der Waals surface area contributed by atoms with E-state index in [1.807, 2.05) is 109 Å². The van der Waals surface area contributed by atoms with Gasteiger partial charge in [-0.1, -0.05) is 170 Å². The molecule has 1 nitrogen and oxygen atoms in total. The molecule has 0 fully saturated rings. The lowest BCUT2D eigenvalue weighted by molar-refractivity contribution is 0.670. The monoisotopic (exact) mass is 654 g/mol.